The maximum absolute atomic E-state index is 12.7. The van der Waals surface area contributed by atoms with E-state index in [0.29, 0.717) is 36.6 Å². The molecule has 1 amide bonds. The van der Waals surface area contributed by atoms with E-state index in [1.165, 1.54) is 4.68 Å². The highest BCUT2D eigenvalue weighted by molar-refractivity contribution is 5.83. The van der Waals surface area contributed by atoms with Gasteiger partial charge in [0, 0.05) is 19.0 Å². The molecule has 0 aliphatic carbocycles. The van der Waals surface area contributed by atoms with Crippen LogP contribution in [0, 0.1) is 6.92 Å². The fourth-order valence-electron chi connectivity index (χ4n) is 3.31. The van der Waals surface area contributed by atoms with E-state index in [-0.39, 0.29) is 18.0 Å². The molecule has 1 aromatic heterocycles. The molecular weight excluding hydrogens is 358 g/mol. The van der Waals surface area contributed by atoms with Crippen molar-refractivity contribution in [3.8, 4) is 11.5 Å². The quantitative estimate of drug-likeness (QED) is 0.694. The molecule has 0 bridgehead atoms. The molecule has 4 rings (SSSR count). The lowest BCUT2D eigenvalue weighted by molar-refractivity contribution is -0.131. The topological polar surface area (TPSA) is 73.7 Å². The van der Waals surface area contributed by atoms with Crippen LogP contribution in [0.1, 0.15) is 11.3 Å². The van der Waals surface area contributed by atoms with Crippen LogP contribution in [-0.4, -0.2) is 40.8 Å². The number of amides is 1. The molecular formula is C21H21N3O4. The number of ether oxygens (including phenoxy) is 2. The van der Waals surface area contributed by atoms with Crippen LogP contribution in [0.3, 0.4) is 0 Å². The van der Waals surface area contributed by atoms with Crippen molar-refractivity contribution in [1.82, 2.24) is 14.7 Å². The zero-order valence-corrected chi connectivity index (χ0v) is 15.8. The van der Waals surface area contributed by atoms with Gasteiger partial charge in [0.15, 0.2) is 11.5 Å². The van der Waals surface area contributed by atoms with Crippen LogP contribution < -0.4 is 15.0 Å². The van der Waals surface area contributed by atoms with Gasteiger partial charge in [0.2, 0.25) is 5.91 Å². The molecule has 1 aliphatic rings. The molecule has 2 aromatic carbocycles. The van der Waals surface area contributed by atoms with Gasteiger partial charge in [-0.05, 0) is 30.7 Å². The molecule has 2 heterocycles. The van der Waals surface area contributed by atoms with Gasteiger partial charge >= 0.3 is 0 Å². The highest BCUT2D eigenvalue weighted by Crippen LogP contribution is 2.31. The van der Waals surface area contributed by atoms with Gasteiger partial charge in [-0.1, -0.05) is 24.3 Å². The van der Waals surface area contributed by atoms with Gasteiger partial charge in [-0.25, -0.2) is 4.68 Å². The molecule has 0 spiro atoms. The standard InChI is InChI=1S/C21H21N3O4/c1-14-16-5-3-4-6-17(16)21(26)24(22-14)13-20(25)23(2)12-15-7-8-18-19(11-15)28-10-9-27-18/h3-8,11H,9-10,12-13H2,1-2H3. The van der Waals surface area contributed by atoms with Gasteiger partial charge in [0.25, 0.3) is 5.56 Å². The Balaban J connectivity index is 1.51. The first-order valence-electron chi connectivity index (χ1n) is 9.12. The Morgan fingerprint density at radius 3 is 2.61 bits per heavy atom. The Morgan fingerprint density at radius 2 is 1.82 bits per heavy atom. The average molecular weight is 379 g/mol. The predicted molar refractivity (Wildman–Crippen MR) is 105 cm³/mol. The number of nitrogens with zero attached hydrogens (tertiary/aromatic N) is 3. The van der Waals surface area contributed by atoms with Crippen LogP contribution in [-0.2, 0) is 17.9 Å². The Kier molecular flexibility index (Phi) is 4.73. The van der Waals surface area contributed by atoms with E-state index in [1.54, 1.807) is 18.0 Å². The highest BCUT2D eigenvalue weighted by Gasteiger charge is 2.16. The van der Waals surface area contributed by atoms with Crippen LogP contribution in [0.25, 0.3) is 10.8 Å². The van der Waals surface area contributed by atoms with E-state index in [0.717, 1.165) is 16.6 Å². The summed E-state index contributed by atoms with van der Waals surface area (Å²) in [4.78, 5) is 26.9. The predicted octanol–water partition coefficient (Wildman–Crippen LogP) is 2.13. The van der Waals surface area contributed by atoms with Gasteiger partial charge in [0.05, 0.1) is 11.1 Å². The first kappa shape index (κ1) is 18.0. The summed E-state index contributed by atoms with van der Waals surface area (Å²) < 4.78 is 12.3. The van der Waals surface area contributed by atoms with Gasteiger partial charge in [-0.3, -0.25) is 9.59 Å². The summed E-state index contributed by atoms with van der Waals surface area (Å²) in [5.74, 6) is 1.21. The molecule has 0 saturated carbocycles. The van der Waals surface area contributed by atoms with Gasteiger partial charge in [-0.2, -0.15) is 5.10 Å². The van der Waals surface area contributed by atoms with Crippen LogP contribution in [0.15, 0.2) is 47.3 Å². The summed E-state index contributed by atoms with van der Waals surface area (Å²) in [5, 5.41) is 5.68. The van der Waals surface area contributed by atoms with Crippen molar-refractivity contribution < 1.29 is 14.3 Å². The zero-order valence-electron chi connectivity index (χ0n) is 15.8. The molecule has 7 nitrogen and oxygen atoms in total. The summed E-state index contributed by atoms with van der Waals surface area (Å²) in [6, 6.07) is 12.9. The lowest BCUT2D eigenvalue weighted by Crippen LogP contribution is -2.35. The van der Waals surface area contributed by atoms with Crippen molar-refractivity contribution in [1.29, 1.82) is 0 Å². The Labute approximate surface area is 162 Å². The number of hydrogen-bond donors (Lipinski definition) is 0. The smallest absolute Gasteiger partial charge is 0.275 e. The first-order chi connectivity index (χ1) is 13.5. The fraction of sp³-hybridized carbons (Fsp3) is 0.286. The van der Waals surface area contributed by atoms with E-state index >= 15 is 0 Å². The molecule has 28 heavy (non-hydrogen) atoms. The maximum atomic E-state index is 12.7. The van der Waals surface area contributed by atoms with Gasteiger partial charge in [0.1, 0.15) is 19.8 Å². The molecule has 0 radical (unpaired) electrons. The third-order valence-electron chi connectivity index (χ3n) is 4.79. The molecule has 0 N–H and O–H groups in total. The average Bonchev–Trinajstić information content (AvgIpc) is 2.71. The summed E-state index contributed by atoms with van der Waals surface area (Å²) >= 11 is 0. The monoisotopic (exact) mass is 379 g/mol. The van der Waals surface area contributed by atoms with E-state index in [1.807, 2.05) is 43.3 Å². The molecule has 0 atom stereocenters. The van der Waals surface area contributed by atoms with Crippen molar-refractivity contribution in [2.75, 3.05) is 20.3 Å². The van der Waals surface area contributed by atoms with Gasteiger partial charge in [-0.15, -0.1) is 0 Å². The molecule has 0 fully saturated rings. The number of aryl methyl sites for hydroxylation is 1. The first-order valence-corrected chi connectivity index (χ1v) is 9.12. The van der Waals surface area contributed by atoms with E-state index in [4.69, 9.17) is 9.47 Å². The Bertz CT molecular complexity index is 1110. The number of benzene rings is 2. The molecule has 0 unspecified atom stereocenters. The fourth-order valence-corrected chi connectivity index (χ4v) is 3.31. The number of aromatic nitrogens is 2. The molecule has 144 valence electrons. The molecule has 3 aromatic rings. The Hall–Kier alpha value is -3.35. The summed E-state index contributed by atoms with van der Waals surface area (Å²) in [7, 11) is 1.71. The number of carbonyl (C=O) groups is 1. The third kappa shape index (κ3) is 3.43. The largest absolute Gasteiger partial charge is 0.486 e. The number of likely N-dealkylation sites (N-methyl/N-ethyl adjacent to an activating group) is 1. The second-order valence-electron chi connectivity index (χ2n) is 6.82. The van der Waals surface area contributed by atoms with E-state index in [2.05, 4.69) is 5.10 Å². The zero-order chi connectivity index (χ0) is 19.7. The highest BCUT2D eigenvalue weighted by atomic mass is 16.6. The maximum Gasteiger partial charge on any atom is 0.275 e. The molecule has 7 heteroatoms. The lowest BCUT2D eigenvalue weighted by atomic mass is 10.1. The summed E-state index contributed by atoms with van der Waals surface area (Å²) in [6.07, 6.45) is 0. The molecule has 0 saturated heterocycles. The van der Waals surface area contributed by atoms with Crippen LogP contribution in [0.2, 0.25) is 0 Å². The summed E-state index contributed by atoms with van der Waals surface area (Å²) in [6.45, 7) is 3.18. The lowest BCUT2D eigenvalue weighted by Gasteiger charge is -2.21. The Morgan fingerprint density at radius 1 is 1.11 bits per heavy atom. The van der Waals surface area contributed by atoms with Crippen molar-refractivity contribution in [3.05, 3.63) is 64.1 Å². The van der Waals surface area contributed by atoms with Crippen molar-refractivity contribution in [2.45, 2.75) is 20.0 Å². The number of fused-ring (bicyclic) bond motifs is 2. The normalized spacial score (nSPS) is 12.8. The van der Waals surface area contributed by atoms with Gasteiger partial charge < -0.3 is 14.4 Å². The SMILES string of the molecule is Cc1nn(CC(=O)N(C)Cc2ccc3c(c2)OCCO3)c(=O)c2ccccc12. The minimum Gasteiger partial charge on any atom is -0.486 e. The second kappa shape index (κ2) is 7.34. The second-order valence-corrected chi connectivity index (χ2v) is 6.82. The minimum absolute atomic E-state index is 0.106. The molecule has 1 aliphatic heterocycles. The van der Waals surface area contributed by atoms with Crippen molar-refractivity contribution >= 4 is 16.7 Å². The van der Waals surface area contributed by atoms with E-state index in [9.17, 15) is 9.59 Å². The van der Waals surface area contributed by atoms with Crippen molar-refractivity contribution in [3.63, 3.8) is 0 Å². The third-order valence-corrected chi connectivity index (χ3v) is 4.79. The minimum atomic E-state index is -0.262. The van der Waals surface area contributed by atoms with Crippen molar-refractivity contribution in [2.24, 2.45) is 0 Å². The van der Waals surface area contributed by atoms with E-state index < -0.39 is 0 Å². The van der Waals surface area contributed by atoms with Crippen LogP contribution >= 0.6 is 0 Å². The number of carbonyl (C=O) groups excluding carboxylic acids is 1. The number of rotatable bonds is 4. The van der Waals surface area contributed by atoms with Crippen LogP contribution in [0.4, 0.5) is 0 Å². The summed E-state index contributed by atoms with van der Waals surface area (Å²) in [5.41, 5.74) is 1.38. The number of hydrogen-bond acceptors (Lipinski definition) is 5. The van der Waals surface area contributed by atoms with Crippen LogP contribution in [0.5, 0.6) is 11.5 Å².